The van der Waals surface area contributed by atoms with Crippen LogP contribution in [0.1, 0.15) is 19.4 Å². The van der Waals surface area contributed by atoms with E-state index in [2.05, 4.69) is 52.9 Å². The number of nitrogens with zero attached hydrogens (tertiary/aromatic N) is 1. The summed E-state index contributed by atoms with van der Waals surface area (Å²) in [4.78, 5) is 4.38. The molecular weight excluding hydrogens is 427 g/mol. The molecule has 0 unspecified atom stereocenters. The van der Waals surface area contributed by atoms with Crippen LogP contribution in [0.2, 0.25) is 11.5 Å². The Hall–Kier alpha value is -2.85. The third-order valence-corrected chi connectivity index (χ3v) is 13.8. The number of pyridine rings is 1. The molecule has 3 heterocycles. The molecule has 2 nitrogen and oxygen atoms in total. The Labute approximate surface area is 187 Å². The summed E-state index contributed by atoms with van der Waals surface area (Å²) in [7, 11) is 0. The van der Waals surface area contributed by atoms with E-state index in [1.54, 1.807) is 0 Å². The van der Waals surface area contributed by atoms with Crippen LogP contribution in [-0.2, 0) is 0 Å². The molecule has 0 spiro atoms. The van der Waals surface area contributed by atoms with Gasteiger partial charge in [0.25, 0.3) is 0 Å². The molecule has 0 saturated carbocycles. The number of rotatable bonds is 1. The normalized spacial score (nSPS) is 18.1. The minimum absolute atomic E-state index is 0.217. The van der Waals surface area contributed by atoms with Gasteiger partial charge < -0.3 is 0 Å². The monoisotopic (exact) mass is 457 g/mol. The van der Waals surface area contributed by atoms with E-state index < -0.39 is 27.0 Å². The zero-order valence-electron chi connectivity index (χ0n) is 22.7. The van der Waals surface area contributed by atoms with Crippen molar-refractivity contribution in [3.05, 3.63) is 78.0 Å². The van der Waals surface area contributed by atoms with E-state index in [0.717, 1.165) is 28.1 Å². The number of aryl methyl sites for hydroxylation is 2. The van der Waals surface area contributed by atoms with Crippen LogP contribution in [0.25, 0.3) is 44.3 Å². The number of furan rings is 1. The first-order valence-corrected chi connectivity index (χ1v) is 16.3. The molecule has 0 radical (unpaired) electrons. The number of para-hydroxylation sites is 1. The predicted molar refractivity (Wildman–Crippen MR) is 129 cm³/mol. The molecule has 0 amide bonds. The SMILES string of the molecule is [2H]C([2H])([2H])c1cnc(-c2cccc3c2oc2c4[c](ccc23)[Ge]([CH3])([CH3])[c]2ccccc2-4)cc1C([2H])([2H])[2H]. The molecule has 30 heavy (non-hydrogen) atoms. The van der Waals surface area contributed by atoms with E-state index in [0.29, 0.717) is 16.8 Å². The van der Waals surface area contributed by atoms with Crippen molar-refractivity contribution in [1.29, 1.82) is 0 Å². The number of aromatic nitrogens is 1. The van der Waals surface area contributed by atoms with E-state index in [1.807, 2.05) is 18.2 Å². The van der Waals surface area contributed by atoms with E-state index in [1.165, 1.54) is 20.4 Å². The fourth-order valence-electron chi connectivity index (χ4n) is 4.85. The Morgan fingerprint density at radius 1 is 0.800 bits per heavy atom. The average molecular weight is 456 g/mol. The Morgan fingerprint density at radius 2 is 1.60 bits per heavy atom. The summed E-state index contributed by atoms with van der Waals surface area (Å²) in [6.45, 7) is -5.17. The Kier molecular flexibility index (Phi) is 2.59. The van der Waals surface area contributed by atoms with Crippen molar-refractivity contribution in [3.63, 3.8) is 0 Å². The predicted octanol–water partition coefficient (Wildman–Crippen LogP) is 6.07. The summed E-state index contributed by atoms with van der Waals surface area (Å²) in [5.74, 6) is 4.80. The molecule has 0 atom stereocenters. The van der Waals surface area contributed by atoms with Gasteiger partial charge in [-0.3, -0.25) is 0 Å². The molecule has 146 valence electrons. The number of hydrogen-bond donors (Lipinski definition) is 0. The Balaban J connectivity index is 1.64. The molecule has 6 rings (SSSR count). The molecule has 5 aromatic rings. The first kappa shape index (κ1) is 12.8. The fraction of sp³-hybridized carbons (Fsp3) is 0.148. The first-order chi connectivity index (χ1) is 16.9. The Bertz CT molecular complexity index is 1700. The molecule has 0 fully saturated rings. The van der Waals surface area contributed by atoms with Crippen LogP contribution in [-0.4, -0.2) is 18.3 Å². The van der Waals surface area contributed by atoms with Crippen LogP contribution in [0.4, 0.5) is 0 Å². The second kappa shape index (κ2) is 6.08. The molecule has 0 N–H and O–H groups in total. The van der Waals surface area contributed by atoms with Gasteiger partial charge in [0.1, 0.15) is 0 Å². The second-order valence-electron chi connectivity index (χ2n) is 8.43. The second-order valence-corrected chi connectivity index (χ2v) is 17.5. The van der Waals surface area contributed by atoms with Crippen molar-refractivity contribution in [2.75, 3.05) is 0 Å². The molecule has 3 aromatic carbocycles. The van der Waals surface area contributed by atoms with Gasteiger partial charge in [-0.15, -0.1) is 0 Å². The van der Waals surface area contributed by atoms with Crippen molar-refractivity contribution < 1.29 is 12.6 Å². The van der Waals surface area contributed by atoms with E-state index in [9.17, 15) is 0 Å². The van der Waals surface area contributed by atoms with E-state index in [4.69, 9.17) is 12.6 Å². The summed E-state index contributed by atoms with van der Waals surface area (Å²) in [6.07, 6.45) is 1.16. The average Bonchev–Trinajstić information content (AvgIpc) is 3.31. The molecule has 2 aromatic heterocycles. The molecule has 1 aliphatic heterocycles. The van der Waals surface area contributed by atoms with Crippen LogP contribution >= 0.6 is 0 Å². The van der Waals surface area contributed by atoms with Gasteiger partial charge in [-0.25, -0.2) is 0 Å². The maximum atomic E-state index is 7.93. The fourth-order valence-corrected chi connectivity index (χ4v) is 11.3. The van der Waals surface area contributed by atoms with E-state index >= 15 is 0 Å². The molecule has 0 saturated heterocycles. The van der Waals surface area contributed by atoms with Gasteiger partial charge in [0.15, 0.2) is 0 Å². The molecule has 1 aliphatic rings. The van der Waals surface area contributed by atoms with Crippen LogP contribution in [0.3, 0.4) is 0 Å². The standard InChI is InChI=1S/C27H23GeNO/c1-16-14-24(29-15-17(16)2)21-10-7-9-18-19-12-13-23-25(27(19)30-26(18)21)20-8-5-6-11-22(20)28(23,3)4/h5-15H,1-4H3/i1D3,2D3. The van der Waals surface area contributed by atoms with Crippen molar-refractivity contribution >= 4 is 44.0 Å². The van der Waals surface area contributed by atoms with Gasteiger partial charge in [0.2, 0.25) is 0 Å². The zero-order valence-corrected chi connectivity index (χ0v) is 18.8. The molecular formula is C27H23GeNO. The van der Waals surface area contributed by atoms with Crippen molar-refractivity contribution in [2.24, 2.45) is 0 Å². The number of fused-ring (bicyclic) bond motifs is 7. The number of hydrogen-bond acceptors (Lipinski definition) is 2. The maximum absolute atomic E-state index is 7.93. The Morgan fingerprint density at radius 3 is 2.47 bits per heavy atom. The van der Waals surface area contributed by atoms with Gasteiger partial charge in [-0.1, -0.05) is 0 Å². The summed E-state index contributed by atoms with van der Waals surface area (Å²) < 4.78 is 56.5. The topological polar surface area (TPSA) is 26.0 Å². The van der Waals surface area contributed by atoms with Crippen LogP contribution < -0.4 is 8.79 Å². The zero-order chi connectivity index (χ0) is 25.6. The third-order valence-electron chi connectivity index (χ3n) is 6.39. The van der Waals surface area contributed by atoms with E-state index in [-0.39, 0.29) is 11.1 Å². The third kappa shape index (κ3) is 2.28. The molecule has 0 bridgehead atoms. The van der Waals surface area contributed by atoms with Gasteiger partial charge in [0, 0.05) is 0 Å². The van der Waals surface area contributed by atoms with Crippen LogP contribution in [0.15, 0.2) is 71.3 Å². The first-order valence-electron chi connectivity index (χ1n) is 13.0. The number of benzene rings is 3. The van der Waals surface area contributed by atoms with Gasteiger partial charge in [-0.2, -0.15) is 0 Å². The summed E-state index contributed by atoms with van der Waals surface area (Å²) in [5.41, 5.74) is 4.35. The van der Waals surface area contributed by atoms with Crippen molar-refractivity contribution in [2.45, 2.75) is 25.2 Å². The van der Waals surface area contributed by atoms with Gasteiger partial charge in [0.05, 0.1) is 0 Å². The van der Waals surface area contributed by atoms with Crippen molar-refractivity contribution in [3.8, 4) is 22.4 Å². The molecule has 3 heteroatoms. The molecule has 0 aliphatic carbocycles. The van der Waals surface area contributed by atoms with Gasteiger partial charge >= 0.3 is 187 Å². The van der Waals surface area contributed by atoms with Crippen molar-refractivity contribution in [1.82, 2.24) is 4.98 Å². The minimum atomic E-state index is -2.59. The summed E-state index contributed by atoms with van der Waals surface area (Å²) in [6, 6.07) is 20.0. The van der Waals surface area contributed by atoms with Crippen LogP contribution in [0.5, 0.6) is 0 Å². The summed E-state index contributed by atoms with van der Waals surface area (Å²) in [5, 5.41) is 1.91. The quantitative estimate of drug-likeness (QED) is 0.287. The summed E-state index contributed by atoms with van der Waals surface area (Å²) >= 11 is -2.46. The van der Waals surface area contributed by atoms with Gasteiger partial charge in [-0.05, 0) is 0 Å². The van der Waals surface area contributed by atoms with Crippen LogP contribution in [0, 0.1) is 13.7 Å².